The number of benzene rings is 2. The Kier molecular flexibility index (Phi) is 2.53. The van der Waals surface area contributed by atoms with E-state index in [2.05, 4.69) is 10.6 Å². The lowest BCUT2D eigenvalue weighted by Gasteiger charge is -2.26. The monoisotopic (exact) mass is 320 g/mol. The second-order valence-corrected chi connectivity index (χ2v) is 5.81. The summed E-state index contributed by atoms with van der Waals surface area (Å²) < 4.78 is 10.7. The first-order valence-corrected chi connectivity index (χ1v) is 7.58. The van der Waals surface area contributed by atoms with Crippen LogP contribution in [-0.2, 0) is 0 Å². The first-order valence-electron chi connectivity index (χ1n) is 7.58. The highest BCUT2D eigenvalue weighted by molar-refractivity contribution is 6.23. The summed E-state index contributed by atoms with van der Waals surface area (Å²) in [6.07, 6.45) is 0. The lowest BCUT2D eigenvalue weighted by Crippen LogP contribution is -2.43. The van der Waals surface area contributed by atoms with Crippen LogP contribution < -0.4 is 20.1 Å². The van der Waals surface area contributed by atoms with Crippen molar-refractivity contribution in [2.45, 2.75) is 6.04 Å². The van der Waals surface area contributed by atoms with Gasteiger partial charge in [0.1, 0.15) is 0 Å². The summed E-state index contributed by atoms with van der Waals surface area (Å²) in [7, 11) is 0. The predicted molar refractivity (Wildman–Crippen MR) is 84.7 cm³/mol. The van der Waals surface area contributed by atoms with Gasteiger partial charge in [-0.1, -0.05) is 30.3 Å². The molecular weight excluding hydrogens is 308 g/mol. The molecule has 2 aromatic carbocycles. The summed E-state index contributed by atoms with van der Waals surface area (Å²) in [5.74, 6) is 1.20. The van der Waals surface area contributed by atoms with Crippen LogP contribution in [0.2, 0.25) is 0 Å². The zero-order valence-electron chi connectivity index (χ0n) is 12.5. The van der Waals surface area contributed by atoms with Gasteiger partial charge in [-0.05, 0) is 17.7 Å². The minimum Gasteiger partial charge on any atom is -0.454 e. The maximum Gasteiger partial charge on any atom is 0.320 e. The molecule has 0 bridgehead atoms. The van der Waals surface area contributed by atoms with E-state index in [-0.39, 0.29) is 18.6 Å². The van der Waals surface area contributed by atoms with Gasteiger partial charge < -0.3 is 20.1 Å². The molecule has 0 aromatic heterocycles. The first kappa shape index (κ1) is 13.2. The number of rotatable bonds is 1. The molecular formula is C18H12N2O4. The van der Waals surface area contributed by atoms with Gasteiger partial charge in [-0.3, -0.25) is 4.79 Å². The van der Waals surface area contributed by atoms with Crippen LogP contribution in [0.25, 0.3) is 5.70 Å². The van der Waals surface area contributed by atoms with Crippen molar-refractivity contribution in [1.82, 2.24) is 10.6 Å². The molecule has 2 N–H and O–H groups in total. The van der Waals surface area contributed by atoms with E-state index in [9.17, 15) is 9.59 Å². The van der Waals surface area contributed by atoms with Gasteiger partial charge >= 0.3 is 6.03 Å². The predicted octanol–water partition coefficient (Wildman–Crippen LogP) is 2.38. The Bertz CT molecular complexity index is 948. The number of carbonyl (C=O) groups is 2. The SMILES string of the molecule is O=C1NC2=C(C(=O)c3ccccc32)C(c2ccc3c(c2)OCO3)N1. The Labute approximate surface area is 137 Å². The van der Waals surface area contributed by atoms with Crippen LogP contribution in [-0.4, -0.2) is 18.6 Å². The van der Waals surface area contributed by atoms with Crippen LogP contribution in [0, 0.1) is 0 Å². The van der Waals surface area contributed by atoms with Crippen LogP contribution in [0.15, 0.2) is 48.0 Å². The molecule has 2 amide bonds. The molecule has 2 heterocycles. The van der Waals surface area contributed by atoms with E-state index in [0.29, 0.717) is 28.3 Å². The summed E-state index contributed by atoms with van der Waals surface area (Å²) >= 11 is 0. The van der Waals surface area contributed by atoms with Crippen LogP contribution >= 0.6 is 0 Å². The average Bonchev–Trinajstić information content (AvgIpc) is 3.17. The number of hydrogen-bond acceptors (Lipinski definition) is 4. The zero-order chi connectivity index (χ0) is 16.3. The molecule has 5 rings (SSSR count). The van der Waals surface area contributed by atoms with Gasteiger partial charge in [0, 0.05) is 11.1 Å². The van der Waals surface area contributed by atoms with Gasteiger partial charge in [0.25, 0.3) is 0 Å². The third-order valence-corrected chi connectivity index (χ3v) is 4.49. The van der Waals surface area contributed by atoms with Crippen molar-refractivity contribution < 1.29 is 19.1 Å². The molecule has 1 unspecified atom stereocenters. The number of ether oxygens (including phenoxy) is 2. The van der Waals surface area contributed by atoms with Gasteiger partial charge in [0.2, 0.25) is 6.79 Å². The summed E-state index contributed by atoms with van der Waals surface area (Å²) in [5, 5.41) is 5.61. The Hall–Kier alpha value is -3.28. The number of ketones is 1. The number of fused-ring (bicyclic) bond motifs is 3. The average molecular weight is 320 g/mol. The number of hydrogen-bond donors (Lipinski definition) is 2. The van der Waals surface area contributed by atoms with Crippen LogP contribution in [0.5, 0.6) is 11.5 Å². The Morgan fingerprint density at radius 3 is 2.62 bits per heavy atom. The van der Waals surface area contributed by atoms with E-state index in [1.165, 1.54) is 0 Å². The fourth-order valence-corrected chi connectivity index (χ4v) is 3.41. The number of nitrogens with one attached hydrogen (secondary N) is 2. The van der Waals surface area contributed by atoms with E-state index in [1.54, 1.807) is 18.2 Å². The standard InChI is InChI=1S/C18H12N2O4/c21-17-11-4-2-1-3-10(11)16-14(17)15(19-18(22)20-16)9-5-6-12-13(7-9)24-8-23-12/h1-7,15H,8H2,(H2,19,20,22). The molecule has 0 fully saturated rings. The van der Waals surface area contributed by atoms with Gasteiger partial charge in [-0.2, -0.15) is 0 Å². The number of urea groups is 1. The van der Waals surface area contributed by atoms with Crippen molar-refractivity contribution in [3.63, 3.8) is 0 Å². The molecule has 1 aliphatic carbocycles. The lowest BCUT2D eigenvalue weighted by molar-refractivity contribution is 0.103. The molecule has 6 nitrogen and oxygen atoms in total. The maximum atomic E-state index is 12.9. The molecule has 3 aliphatic rings. The fourth-order valence-electron chi connectivity index (χ4n) is 3.41. The minimum atomic E-state index is -0.525. The molecule has 0 saturated carbocycles. The van der Waals surface area contributed by atoms with Crippen molar-refractivity contribution in [3.8, 4) is 11.5 Å². The molecule has 2 aliphatic heterocycles. The topological polar surface area (TPSA) is 76.7 Å². The number of Topliss-reactive ketones (excluding diaryl/α,β-unsaturated/α-hetero) is 1. The second-order valence-electron chi connectivity index (χ2n) is 5.81. The van der Waals surface area contributed by atoms with E-state index < -0.39 is 6.04 Å². The first-order chi connectivity index (χ1) is 11.7. The third kappa shape index (κ3) is 1.70. The zero-order valence-corrected chi connectivity index (χ0v) is 12.5. The highest BCUT2D eigenvalue weighted by Gasteiger charge is 2.39. The smallest absolute Gasteiger partial charge is 0.320 e. The van der Waals surface area contributed by atoms with E-state index in [1.807, 2.05) is 24.3 Å². The summed E-state index contributed by atoms with van der Waals surface area (Å²) in [5.41, 5.74) is 3.29. The minimum absolute atomic E-state index is 0.0734. The molecule has 0 spiro atoms. The quantitative estimate of drug-likeness (QED) is 0.846. The molecule has 6 heteroatoms. The van der Waals surface area contributed by atoms with Crippen LogP contribution in [0.4, 0.5) is 4.79 Å². The highest BCUT2D eigenvalue weighted by Crippen LogP contribution is 2.42. The Balaban J connectivity index is 1.66. The summed E-state index contributed by atoms with van der Waals surface area (Å²) in [6.45, 7) is 0.176. The van der Waals surface area contributed by atoms with Crippen molar-refractivity contribution in [2.24, 2.45) is 0 Å². The van der Waals surface area contributed by atoms with Gasteiger partial charge in [0.05, 0.1) is 17.3 Å². The van der Waals surface area contributed by atoms with Gasteiger partial charge in [-0.25, -0.2) is 4.79 Å². The molecule has 24 heavy (non-hydrogen) atoms. The number of carbonyl (C=O) groups excluding carboxylic acids is 2. The molecule has 118 valence electrons. The maximum absolute atomic E-state index is 12.9. The van der Waals surface area contributed by atoms with Crippen molar-refractivity contribution in [1.29, 1.82) is 0 Å². The van der Waals surface area contributed by atoms with Crippen molar-refractivity contribution in [2.75, 3.05) is 6.79 Å². The Morgan fingerprint density at radius 2 is 1.75 bits per heavy atom. The molecule has 0 radical (unpaired) electrons. The van der Waals surface area contributed by atoms with Crippen molar-refractivity contribution >= 4 is 17.5 Å². The highest BCUT2D eigenvalue weighted by atomic mass is 16.7. The van der Waals surface area contributed by atoms with E-state index in [4.69, 9.17) is 9.47 Å². The van der Waals surface area contributed by atoms with Crippen LogP contribution in [0.3, 0.4) is 0 Å². The summed E-state index contributed by atoms with van der Waals surface area (Å²) in [4.78, 5) is 25.0. The number of amides is 2. The molecule has 1 atom stereocenters. The largest absolute Gasteiger partial charge is 0.454 e. The fraction of sp³-hybridized carbons (Fsp3) is 0.111. The molecule has 2 aromatic rings. The van der Waals surface area contributed by atoms with Crippen molar-refractivity contribution in [3.05, 3.63) is 64.7 Å². The van der Waals surface area contributed by atoms with Gasteiger partial charge in [0.15, 0.2) is 17.3 Å². The van der Waals surface area contributed by atoms with E-state index in [0.717, 1.165) is 11.1 Å². The second kappa shape index (κ2) is 4.61. The normalized spacial score (nSPS) is 20.4. The third-order valence-electron chi connectivity index (χ3n) is 4.49. The lowest BCUT2D eigenvalue weighted by atomic mass is 9.94. The Morgan fingerprint density at radius 1 is 0.958 bits per heavy atom. The van der Waals surface area contributed by atoms with E-state index >= 15 is 0 Å². The van der Waals surface area contributed by atoms with Crippen LogP contribution in [0.1, 0.15) is 27.5 Å². The van der Waals surface area contributed by atoms with Gasteiger partial charge in [-0.15, -0.1) is 0 Å². The summed E-state index contributed by atoms with van der Waals surface area (Å²) in [6, 6.07) is 11.9. The molecule has 0 saturated heterocycles.